The Morgan fingerprint density at radius 3 is 2.95 bits per heavy atom. The summed E-state index contributed by atoms with van der Waals surface area (Å²) in [6.45, 7) is 7.97. The smallest absolute Gasteiger partial charge is 0.258 e. The number of fused-ring (bicyclic) bond motifs is 1. The second-order valence-corrected chi connectivity index (χ2v) is 5.94. The Morgan fingerprint density at radius 1 is 1.35 bits per heavy atom. The van der Waals surface area contributed by atoms with E-state index in [1.807, 2.05) is 18.2 Å². The fraction of sp³-hybridized carbons (Fsp3) is 0.467. The predicted octanol–water partition coefficient (Wildman–Crippen LogP) is 1.11. The lowest BCUT2D eigenvalue weighted by Crippen LogP contribution is -2.57. The van der Waals surface area contributed by atoms with Gasteiger partial charge in [0.15, 0.2) is 0 Å². The monoisotopic (exact) mass is 272 g/mol. The van der Waals surface area contributed by atoms with Gasteiger partial charge in [0.1, 0.15) is 5.82 Å². The van der Waals surface area contributed by atoms with Crippen molar-refractivity contribution in [1.29, 1.82) is 0 Å². The zero-order valence-corrected chi connectivity index (χ0v) is 11.9. The van der Waals surface area contributed by atoms with E-state index >= 15 is 0 Å². The molecular weight excluding hydrogens is 252 g/mol. The number of rotatable bonds is 2. The zero-order chi connectivity index (χ0) is 14.2. The first-order valence-electron chi connectivity index (χ1n) is 7.00. The van der Waals surface area contributed by atoms with Crippen LogP contribution >= 0.6 is 0 Å². The molecule has 0 atom stereocenters. The summed E-state index contributed by atoms with van der Waals surface area (Å²) >= 11 is 0. The van der Waals surface area contributed by atoms with Crippen LogP contribution in [0, 0.1) is 0 Å². The highest BCUT2D eigenvalue weighted by molar-refractivity contribution is 5.77. The van der Waals surface area contributed by atoms with Gasteiger partial charge in [-0.25, -0.2) is 4.98 Å². The fourth-order valence-electron chi connectivity index (χ4n) is 2.71. The molecule has 1 fully saturated rings. The normalized spacial score (nSPS) is 19.3. The first-order valence-corrected chi connectivity index (χ1v) is 7.00. The SMILES string of the molecule is CC1(C)CNCCN1Cc1nc2ccccc2c(=O)[nH]1. The number of aromatic nitrogens is 2. The Bertz CT molecular complexity index is 677. The van der Waals surface area contributed by atoms with Gasteiger partial charge in [-0.05, 0) is 26.0 Å². The summed E-state index contributed by atoms with van der Waals surface area (Å²) in [4.78, 5) is 21.9. The lowest BCUT2D eigenvalue weighted by atomic mass is 10.0. The molecule has 2 heterocycles. The summed E-state index contributed by atoms with van der Waals surface area (Å²) in [5.74, 6) is 0.740. The van der Waals surface area contributed by atoms with Crippen LogP contribution in [-0.2, 0) is 6.54 Å². The van der Waals surface area contributed by atoms with Crippen molar-refractivity contribution in [2.75, 3.05) is 19.6 Å². The van der Waals surface area contributed by atoms with E-state index in [4.69, 9.17) is 0 Å². The van der Waals surface area contributed by atoms with Crippen LogP contribution in [0.1, 0.15) is 19.7 Å². The summed E-state index contributed by atoms with van der Waals surface area (Å²) in [5.41, 5.74) is 0.778. The number of benzene rings is 1. The van der Waals surface area contributed by atoms with Gasteiger partial charge < -0.3 is 10.3 Å². The summed E-state index contributed by atoms with van der Waals surface area (Å²) in [5, 5.41) is 4.05. The van der Waals surface area contributed by atoms with E-state index in [-0.39, 0.29) is 11.1 Å². The number of piperazine rings is 1. The molecule has 1 aliphatic rings. The van der Waals surface area contributed by atoms with Crippen molar-refractivity contribution in [2.45, 2.75) is 25.9 Å². The molecule has 0 aliphatic carbocycles. The van der Waals surface area contributed by atoms with Crippen molar-refractivity contribution in [3.8, 4) is 0 Å². The molecule has 0 saturated carbocycles. The topological polar surface area (TPSA) is 61.0 Å². The molecule has 5 heteroatoms. The molecule has 0 unspecified atom stereocenters. The van der Waals surface area contributed by atoms with E-state index in [0.29, 0.717) is 11.9 Å². The maximum atomic E-state index is 12.1. The van der Waals surface area contributed by atoms with Gasteiger partial charge in [0, 0.05) is 25.2 Å². The number of nitrogens with one attached hydrogen (secondary N) is 2. The maximum absolute atomic E-state index is 12.1. The largest absolute Gasteiger partial charge is 0.314 e. The highest BCUT2D eigenvalue weighted by Gasteiger charge is 2.29. The molecule has 0 radical (unpaired) electrons. The molecule has 106 valence electrons. The molecule has 1 aromatic heterocycles. The van der Waals surface area contributed by atoms with Crippen molar-refractivity contribution >= 4 is 10.9 Å². The molecule has 1 saturated heterocycles. The summed E-state index contributed by atoms with van der Waals surface area (Å²) in [7, 11) is 0. The third-order valence-corrected chi connectivity index (χ3v) is 3.97. The summed E-state index contributed by atoms with van der Waals surface area (Å²) in [6.07, 6.45) is 0. The van der Waals surface area contributed by atoms with Crippen LogP contribution in [0.3, 0.4) is 0 Å². The van der Waals surface area contributed by atoms with Crippen LogP contribution in [0.4, 0.5) is 0 Å². The maximum Gasteiger partial charge on any atom is 0.258 e. The van der Waals surface area contributed by atoms with Gasteiger partial charge >= 0.3 is 0 Å². The Morgan fingerprint density at radius 2 is 2.15 bits per heavy atom. The van der Waals surface area contributed by atoms with Crippen molar-refractivity contribution < 1.29 is 0 Å². The molecule has 1 aliphatic heterocycles. The van der Waals surface area contributed by atoms with Gasteiger partial charge in [-0.3, -0.25) is 9.69 Å². The quantitative estimate of drug-likeness (QED) is 0.859. The summed E-state index contributed by atoms with van der Waals surface area (Å²) in [6, 6.07) is 7.46. The van der Waals surface area contributed by atoms with Gasteiger partial charge in [-0.1, -0.05) is 12.1 Å². The first-order chi connectivity index (χ1) is 9.56. The number of aromatic amines is 1. The van der Waals surface area contributed by atoms with E-state index in [1.165, 1.54) is 0 Å². The van der Waals surface area contributed by atoms with Gasteiger partial charge in [0.2, 0.25) is 0 Å². The minimum atomic E-state index is -0.0569. The van der Waals surface area contributed by atoms with Crippen molar-refractivity contribution in [1.82, 2.24) is 20.2 Å². The highest BCUT2D eigenvalue weighted by Crippen LogP contribution is 2.18. The molecular formula is C15H20N4O. The molecule has 0 spiro atoms. The Hall–Kier alpha value is -1.72. The molecule has 0 amide bonds. The second-order valence-electron chi connectivity index (χ2n) is 5.94. The van der Waals surface area contributed by atoms with Crippen LogP contribution < -0.4 is 10.9 Å². The van der Waals surface area contributed by atoms with E-state index in [9.17, 15) is 4.79 Å². The standard InChI is InChI=1S/C15H20N4O/c1-15(2)10-16-7-8-19(15)9-13-17-12-6-4-3-5-11(12)14(20)18-13/h3-6,16H,7-10H2,1-2H3,(H,17,18,20). The molecule has 2 aromatic rings. The van der Waals surface area contributed by atoms with Gasteiger partial charge in [0.05, 0.1) is 17.4 Å². The lowest BCUT2D eigenvalue weighted by Gasteiger charge is -2.42. The van der Waals surface area contributed by atoms with Crippen molar-refractivity contribution in [3.63, 3.8) is 0 Å². The number of nitrogens with zero attached hydrogens (tertiary/aromatic N) is 2. The third kappa shape index (κ3) is 2.46. The second kappa shape index (κ2) is 5.00. The minimum Gasteiger partial charge on any atom is -0.314 e. The van der Waals surface area contributed by atoms with E-state index in [2.05, 4.69) is 34.0 Å². The van der Waals surface area contributed by atoms with E-state index < -0.39 is 0 Å². The highest BCUT2D eigenvalue weighted by atomic mass is 16.1. The predicted molar refractivity (Wildman–Crippen MR) is 79.7 cm³/mol. The van der Waals surface area contributed by atoms with Crippen LogP contribution in [0.25, 0.3) is 10.9 Å². The van der Waals surface area contributed by atoms with Crippen LogP contribution in [-0.4, -0.2) is 40.0 Å². The summed E-state index contributed by atoms with van der Waals surface area (Å²) < 4.78 is 0. The average Bonchev–Trinajstić information content (AvgIpc) is 2.41. The van der Waals surface area contributed by atoms with Gasteiger partial charge in [-0.15, -0.1) is 0 Å². The van der Waals surface area contributed by atoms with Crippen molar-refractivity contribution in [3.05, 3.63) is 40.4 Å². The molecule has 1 aromatic carbocycles. The minimum absolute atomic E-state index is 0.0569. The Labute approximate surface area is 118 Å². The third-order valence-electron chi connectivity index (χ3n) is 3.97. The first kappa shape index (κ1) is 13.3. The fourth-order valence-corrected chi connectivity index (χ4v) is 2.71. The van der Waals surface area contributed by atoms with E-state index in [1.54, 1.807) is 6.07 Å². The number of para-hydroxylation sites is 1. The molecule has 3 rings (SSSR count). The molecule has 20 heavy (non-hydrogen) atoms. The van der Waals surface area contributed by atoms with Crippen LogP contribution in [0.5, 0.6) is 0 Å². The van der Waals surface area contributed by atoms with Crippen molar-refractivity contribution in [2.24, 2.45) is 0 Å². The molecule has 0 bridgehead atoms. The van der Waals surface area contributed by atoms with Gasteiger partial charge in [-0.2, -0.15) is 0 Å². The van der Waals surface area contributed by atoms with Crippen LogP contribution in [0.2, 0.25) is 0 Å². The average molecular weight is 272 g/mol. The molecule has 2 N–H and O–H groups in total. The number of hydrogen-bond acceptors (Lipinski definition) is 4. The van der Waals surface area contributed by atoms with E-state index in [0.717, 1.165) is 31.0 Å². The van der Waals surface area contributed by atoms with Gasteiger partial charge in [0.25, 0.3) is 5.56 Å². The Balaban J connectivity index is 1.93. The van der Waals surface area contributed by atoms with Crippen LogP contribution in [0.15, 0.2) is 29.1 Å². The number of H-pyrrole nitrogens is 1. The lowest BCUT2D eigenvalue weighted by molar-refractivity contribution is 0.0800. The zero-order valence-electron chi connectivity index (χ0n) is 11.9. The number of hydrogen-bond donors (Lipinski definition) is 2. The molecule has 5 nitrogen and oxygen atoms in total. The Kier molecular flexibility index (Phi) is 3.31.